The summed E-state index contributed by atoms with van der Waals surface area (Å²) in [5, 5.41) is 4.61. The van der Waals surface area contributed by atoms with Crippen molar-refractivity contribution in [1.82, 2.24) is 5.32 Å². The second-order valence-corrected chi connectivity index (χ2v) is 5.66. The van der Waals surface area contributed by atoms with E-state index in [0.29, 0.717) is 16.1 Å². The lowest BCUT2D eigenvalue weighted by atomic mass is 9.99. The molecule has 0 bridgehead atoms. The average molecular weight is 288 g/mol. The van der Waals surface area contributed by atoms with Crippen LogP contribution in [0, 0.1) is 0 Å². The van der Waals surface area contributed by atoms with Gasteiger partial charge in [-0.1, -0.05) is 35.3 Å². The lowest BCUT2D eigenvalue weighted by molar-refractivity contribution is 0.0337. The third-order valence-corrected chi connectivity index (χ3v) is 4.41. The zero-order chi connectivity index (χ0) is 13.1. The van der Waals surface area contributed by atoms with Crippen LogP contribution < -0.4 is 5.32 Å². The largest absolute Gasteiger partial charge is 0.374 e. The molecule has 3 unspecified atom stereocenters. The summed E-state index contributed by atoms with van der Waals surface area (Å²) < 4.78 is 5.92. The van der Waals surface area contributed by atoms with E-state index in [1.54, 1.807) is 0 Å². The van der Waals surface area contributed by atoms with Gasteiger partial charge in [0.05, 0.1) is 22.3 Å². The van der Waals surface area contributed by atoms with E-state index in [1.807, 2.05) is 25.2 Å². The first-order valence-corrected chi connectivity index (χ1v) is 7.13. The van der Waals surface area contributed by atoms with Crippen LogP contribution in [0.4, 0.5) is 0 Å². The summed E-state index contributed by atoms with van der Waals surface area (Å²) >= 11 is 12.3. The molecule has 0 spiro atoms. The first kappa shape index (κ1) is 14.1. The summed E-state index contributed by atoms with van der Waals surface area (Å²) in [6, 6.07) is 6.06. The Kier molecular flexibility index (Phi) is 4.91. The minimum Gasteiger partial charge on any atom is -0.374 e. The monoisotopic (exact) mass is 287 g/mol. The fourth-order valence-electron chi connectivity index (χ4n) is 2.49. The molecule has 0 radical (unpaired) electrons. The predicted molar refractivity (Wildman–Crippen MR) is 76.6 cm³/mol. The van der Waals surface area contributed by atoms with Crippen LogP contribution in [0.25, 0.3) is 0 Å². The molecule has 100 valence electrons. The van der Waals surface area contributed by atoms with Gasteiger partial charge >= 0.3 is 0 Å². The van der Waals surface area contributed by atoms with Crippen LogP contribution in [0.15, 0.2) is 18.2 Å². The number of likely N-dealkylation sites (N-methyl/N-ethyl adjacent to an activating group) is 1. The van der Waals surface area contributed by atoms with Crippen LogP contribution in [0.2, 0.25) is 10.0 Å². The molecule has 2 nitrogen and oxygen atoms in total. The van der Waals surface area contributed by atoms with E-state index in [4.69, 9.17) is 27.9 Å². The van der Waals surface area contributed by atoms with Gasteiger partial charge in [0.1, 0.15) is 0 Å². The van der Waals surface area contributed by atoms with Gasteiger partial charge in [-0.3, -0.25) is 0 Å². The average Bonchev–Trinajstić information content (AvgIpc) is 2.78. The van der Waals surface area contributed by atoms with Crippen molar-refractivity contribution in [3.63, 3.8) is 0 Å². The zero-order valence-corrected chi connectivity index (χ0v) is 12.3. The molecule has 1 aliphatic heterocycles. The van der Waals surface area contributed by atoms with Gasteiger partial charge in [0.15, 0.2) is 0 Å². The Morgan fingerprint density at radius 2 is 2.17 bits per heavy atom. The minimum absolute atomic E-state index is 0.264. The Morgan fingerprint density at radius 3 is 2.78 bits per heavy atom. The van der Waals surface area contributed by atoms with Gasteiger partial charge in [0.2, 0.25) is 0 Å². The van der Waals surface area contributed by atoms with Crippen molar-refractivity contribution < 1.29 is 4.74 Å². The highest BCUT2D eigenvalue weighted by atomic mass is 35.5. The lowest BCUT2D eigenvalue weighted by Gasteiger charge is -2.23. The van der Waals surface area contributed by atoms with Crippen molar-refractivity contribution >= 4 is 23.2 Å². The number of rotatable bonds is 4. The number of halogens is 2. The Hall–Kier alpha value is -0.280. The summed E-state index contributed by atoms with van der Waals surface area (Å²) in [6.45, 7) is 2.12. The summed E-state index contributed by atoms with van der Waals surface area (Å²) in [6.07, 6.45) is 3.70. The van der Waals surface area contributed by atoms with E-state index < -0.39 is 0 Å². The number of hydrogen-bond acceptors (Lipinski definition) is 2. The van der Waals surface area contributed by atoms with Gasteiger partial charge in [0, 0.05) is 6.04 Å². The van der Waals surface area contributed by atoms with Crippen LogP contribution in [0.1, 0.15) is 25.3 Å². The van der Waals surface area contributed by atoms with Gasteiger partial charge in [-0.2, -0.15) is 0 Å². The maximum atomic E-state index is 6.23. The molecule has 18 heavy (non-hydrogen) atoms. The molecular formula is C14H19Cl2NO. The van der Waals surface area contributed by atoms with Crippen LogP contribution in [0.3, 0.4) is 0 Å². The van der Waals surface area contributed by atoms with Gasteiger partial charge in [0.25, 0.3) is 0 Å². The molecule has 1 saturated heterocycles. The molecule has 1 N–H and O–H groups in total. The maximum absolute atomic E-state index is 6.23. The fraction of sp³-hybridized carbons (Fsp3) is 0.571. The summed E-state index contributed by atoms with van der Waals surface area (Å²) in [7, 11) is 1.97. The molecule has 0 amide bonds. The third-order valence-electron chi connectivity index (χ3n) is 3.56. The SMILES string of the molecule is CNC(Cc1cccc(Cl)c1Cl)C1CCC(C)O1. The summed E-state index contributed by atoms with van der Waals surface area (Å²) in [5.41, 5.74) is 1.08. The smallest absolute Gasteiger partial charge is 0.0735 e. The number of nitrogens with one attached hydrogen (secondary N) is 1. The zero-order valence-electron chi connectivity index (χ0n) is 10.7. The second-order valence-electron chi connectivity index (χ2n) is 4.87. The van der Waals surface area contributed by atoms with Gasteiger partial charge in [-0.15, -0.1) is 0 Å². The van der Waals surface area contributed by atoms with Crippen molar-refractivity contribution in [1.29, 1.82) is 0 Å². The Morgan fingerprint density at radius 1 is 1.39 bits per heavy atom. The highest BCUT2D eigenvalue weighted by molar-refractivity contribution is 6.42. The van der Waals surface area contributed by atoms with Gasteiger partial charge in [-0.25, -0.2) is 0 Å². The molecule has 0 aliphatic carbocycles. The van der Waals surface area contributed by atoms with E-state index in [0.717, 1.165) is 24.8 Å². The molecule has 1 fully saturated rings. The van der Waals surface area contributed by atoms with Crippen LogP contribution >= 0.6 is 23.2 Å². The molecule has 1 aromatic carbocycles. The standard InChI is InChI=1S/C14H19Cl2NO/c1-9-6-7-13(18-9)12(17-2)8-10-4-3-5-11(15)14(10)16/h3-5,9,12-13,17H,6-8H2,1-2H3. The van der Waals surface area contributed by atoms with Crippen molar-refractivity contribution in [2.24, 2.45) is 0 Å². The predicted octanol–water partition coefficient (Wildman–Crippen LogP) is 3.69. The molecule has 1 aliphatic rings. The normalized spacial score (nSPS) is 25.3. The Labute approximate surface area is 119 Å². The third kappa shape index (κ3) is 3.18. The minimum atomic E-state index is 0.264. The first-order valence-electron chi connectivity index (χ1n) is 6.37. The number of ether oxygens (including phenoxy) is 1. The van der Waals surface area contributed by atoms with Crippen LogP contribution in [-0.2, 0) is 11.2 Å². The quantitative estimate of drug-likeness (QED) is 0.912. The summed E-state index contributed by atoms with van der Waals surface area (Å²) in [5.74, 6) is 0. The number of benzene rings is 1. The summed E-state index contributed by atoms with van der Waals surface area (Å²) in [4.78, 5) is 0. The highest BCUT2D eigenvalue weighted by Crippen LogP contribution is 2.29. The second kappa shape index (κ2) is 6.25. The first-order chi connectivity index (χ1) is 8.61. The molecule has 0 saturated carbocycles. The molecule has 0 aromatic heterocycles. The van der Waals surface area contributed by atoms with E-state index in [-0.39, 0.29) is 12.1 Å². The van der Waals surface area contributed by atoms with E-state index >= 15 is 0 Å². The maximum Gasteiger partial charge on any atom is 0.0735 e. The van der Waals surface area contributed by atoms with E-state index in [2.05, 4.69) is 12.2 Å². The fourth-order valence-corrected chi connectivity index (χ4v) is 2.89. The topological polar surface area (TPSA) is 21.3 Å². The molecule has 1 aromatic rings. The highest BCUT2D eigenvalue weighted by Gasteiger charge is 2.29. The Bertz CT molecular complexity index is 411. The van der Waals surface area contributed by atoms with Gasteiger partial charge in [-0.05, 0) is 44.9 Å². The molecule has 2 rings (SSSR count). The molecule has 4 heteroatoms. The van der Waals surface area contributed by atoms with Gasteiger partial charge < -0.3 is 10.1 Å². The van der Waals surface area contributed by atoms with Crippen molar-refractivity contribution in [3.05, 3.63) is 33.8 Å². The molecular weight excluding hydrogens is 269 g/mol. The van der Waals surface area contributed by atoms with Crippen LogP contribution in [-0.4, -0.2) is 25.3 Å². The molecule has 1 heterocycles. The van der Waals surface area contributed by atoms with Crippen LogP contribution in [0.5, 0.6) is 0 Å². The Balaban J connectivity index is 2.08. The molecule has 3 atom stereocenters. The van der Waals surface area contributed by atoms with E-state index in [9.17, 15) is 0 Å². The van der Waals surface area contributed by atoms with E-state index in [1.165, 1.54) is 0 Å². The van der Waals surface area contributed by atoms with Crippen molar-refractivity contribution in [3.8, 4) is 0 Å². The lowest BCUT2D eigenvalue weighted by Crippen LogP contribution is -2.39. The van der Waals surface area contributed by atoms with Crippen molar-refractivity contribution in [2.45, 2.75) is 44.4 Å². The van der Waals surface area contributed by atoms with Crippen molar-refractivity contribution in [2.75, 3.05) is 7.05 Å². The number of hydrogen-bond donors (Lipinski definition) is 1.